The highest BCUT2D eigenvalue weighted by atomic mass is 32.1. The van der Waals surface area contributed by atoms with Crippen molar-refractivity contribution in [3.63, 3.8) is 0 Å². The molecule has 0 fully saturated rings. The highest BCUT2D eigenvalue weighted by Crippen LogP contribution is 2.29. The summed E-state index contributed by atoms with van der Waals surface area (Å²) in [5.41, 5.74) is 2.18. The minimum Gasteiger partial charge on any atom is -0.342 e. The minimum atomic E-state index is 0.358. The molecule has 4 heteroatoms. The van der Waals surface area contributed by atoms with E-state index >= 15 is 0 Å². The molecule has 0 saturated heterocycles. The Balaban J connectivity index is 2.64. The molecule has 0 spiro atoms. The van der Waals surface area contributed by atoms with Gasteiger partial charge in [-0.25, -0.2) is 4.98 Å². The number of aryl methyl sites for hydroxylation is 1. The molecule has 0 amide bonds. The minimum absolute atomic E-state index is 0.358. The van der Waals surface area contributed by atoms with E-state index in [-0.39, 0.29) is 0 Å². The van der Waals surface area contributed by atoms with Crippen LogP contribution in [0.4, 0.5) is 0 Å². The molecular weight excluding hydrogens is 248 g/mol. The predicted octanol–water partition coefficient (Wildman–Crippen LogP) is 4.61. The van der Waals surface area contributed by atoms with E-state index in [0.29, 0.717) is 10.6 Å². The van der Waals surface area contributed by atoms with Gasteiger partial charge >= 0.3 is 0 Å². The summed E-state index contributed by atoms with van der Waals surface area (Å²) in [6, 6.07) is 4.27. The Kier molecular flexibility index (Phi) is 3.45. The molecule has 0 aliphatic heterocycles. The van der Waals surface area contributed by atoms with Crippen LogP contribution < -0.4 is 0 Å². The van der Waals surface area contributed by atoms with Crippen LogP contribution in [0.5, 0.6) is 0 Å². The zero-order valence-electron chi connectivity index (χ0n) is 10.5. The van der Waals surface area contributed by atoms with Crippen molar-refractivity contribution in [1.29, 1.82) is 0 Å². The van der Waals surface area contributed by atoms with Gasteiger partial charge in [0.05, 0.1) is 10.6 Å². The van der Waals surface area contributed by atoms with Gasteiger partial charge < -0.3 is 4.98 Å². The molecule has 0 aliphatic carbocycles. The zero-order chi connectivity index (χ0) is 12.6. The molecule has 0 aliphatic rings. The number of rotatable bonds is 2. The van der Waals surface area contributed by atoms with Gasteiger partial charge in [-0.1, -0.05) is 26.1 Å². The second kappa shape index (κ2) is 4.70. The summed E-state index contributed by atoms with van der Waals surface area (Å²) in [4.78, 5) is 10.4. The average molecular weight is 264 g/mol. The summed E-state index contributed by atoms with van der Waals surface area (Å²) in [6.07, 6.45) is 0. The largest absolute Gasteiger partial charge is 0.342 e. The highest BCUT2D eigenvalue weighted by Gasteiger charge is 2.10. The first-order chi connectivity index (χ1) is 7.99. The summed E-state index contributed by atoms with van der Waals surface area (Å²) >= 11 is 7.11. The van der Waals surface area contributed by atoms with E-state index < -0.39 is 0 Å². The van der Waals surface area contributed by atoms with Gasteiger partial charge in [-0.2, -0.15) is 0 Å². The molecule has 0 unspecified atom stereocenters. The standard InChI is InChI=1S/C13H16N2S2/c1-7(2)12-14-11(9(4)13(16)15-12)10-6-5-8(3)17-10/h5-7H,1-4H3,(H,14,15,16). The predicted molar refractivity (Wildman–Crippen MR) is 76.3 cm³/mol. The highest BCUT2D eigenvalue weighted by molar-refractivity contribution is 7.71. The van der Waals surface area contributed by atoms with Gasteiger partial charge in [0.15, 0.2) is 0 Å². The summed E-state index contributed by atoms with van der Waals surface area (Å²) in [5, 5.41) is 0. The Morgan fingerprint density at radius 2 is 2.00 bits per heavy atom. The van der Waals surface area contributed by atoms with Crippen LogP contribution in [-0.4, -0.2) is 9.97 Å². The lowest BCUT2D eigenvalue weighted by atomic mass is 10.1. The van der Waals surface area contributed by atoms with Gasteiger partial charge in [0.2, 0.25) is 0 Å². The van der Waals surface area contributed by atoms with Crippen molar-refractivity contribution in [2.24, 2.45) is 0 Å². The Labute approximate surface area is 111 Å². The first-order valence-corrected chi connectivity index (χ1v) is 6.89. The normalized spacial score (nSPS) is 11.1. The number of H-pyrrole nitrogens is 1. The van der Waals surface area contributed by atoms with Gasteiger partial charge in [0.25, 0.3) is 0 Å². The summed E-state index contributed by atoms with van der Waals surface area (Å²) in [7, 11) is 0. The fourth-order valence-corrected chi connectivity index (χ4v) is 2.76. The Bertz CT molecular complexity index is 594. The van der Waals surface area contributed by atoms with Crippen molar-refractivity contribution in [2.75, 3.05) is 0 Å². The third-order valence-electron chi connectivity index (χ3n) is 2.70. The van der Waals surface area contributed by atoms with Gasteiger partial charge in [0.1, 0.15) is 10.5 Å². The van der Waals surface area contributed by atoms with Crippen LogP contribution in [0.1, 0.15) is 36.0 Å². The van der Waals surface area contributed by atoms with Crippen molar-refractivity contribution in [3.8, 4) is 10.6 Å². The molecule has 2 nitrogen and oxygen atoms in total. The fraction of sp³-hybridized carbons (Fsp3) is 0.385. The molecule has 0 saturated carbocycles. The third kappa shape index (κ3) is 2.48. The smallest absolute Gasteiger partial charge is 0.133 e. The molecule has 2 rings (SSSR count). The van der Waals surface area contributed by atoms with Gasteiger partial charge in [0, 0.05) is 16.4 Å². The molecule has 2 aromatic heterocycles. The van der Waals surface area contributed by atoms with Crippen LogP contribution in [0, 0.1) is 18.5 Å². The zero-order valence-corrected chi connectivity index (χ0v) is 12.1. The summed E-state index contributed by atoms with van der Waals surface area (Å²) < 4.78 is 0.702. The number of aromatic nitrogens is 2. The van der Waals surface area contributed by atoms with Crippen molar-refractivity contribution >= 4 is 23.6 Å². The molecule has 0 radical (unpaired) electrons. The van der Waals surface area contributed by atoms with Crippen molar-refractivity contribution in [2.45, 2.75) is 33.6 Å². The lowest BCUT2D eigenvalue weighted by Gasteiger charge is -2.10. The second-order valence-electron chi connectivity index (χ2n) is 4.49. The van der Waals surface area contributed by atoms with Crippen LogP contribution in [0.2, 0.25) is 0 Å². The van der Waals surface area contributed by atoms with Crippen molar-refractivity contribution in [1.82, 2.24) is 9.97 Å². The van der Waals surface area contributed by atoms with E-state index in [1.54, 1.807) is 11.3 Å². The molecule has 0 atom stereocenters. The van der Waals surface area contributed by atoms with Gasteiger partial charge in [-0.05, 0) is 26.0 Å². The Hall–Kier alpha value is -1.00. The van der Waals surface area contributed by atoms with E-state index in [2.05, 4.69) is 42.9 Å². The van der Waals surface area contributed by atoms with Crippen LogP contribution in [0.15, 0.2) is 12.1 Å². The van der Waals surface area contributed by atoms with Crippen molar-refractivity contribution in [3.05, 3.63) is 33.0 Å². The van der Waals surface area contributed by atoms with Crippen molar-refractivity contribution < 1.29 is 0 Å². The Morgan fingerprint density at radius 1 is 1.29 bits per heavy atom. The molecule has 1 N–H and O–H groups in total. The number of thiophene rings is 1. The molecule has 0 bridgehead atoms. The van der Waals surface area contributed by atoms with Crippen LogP contribution >= 0.6 is 23.6 Å². The number of nitrogens with zero attached hydrogens (tertiary/aromatic N) is 1. The Morgan fingerprint density at radius 3 is 2.53 bits per heavy atom. The van der Waals surface area contributed by atoms with Gasteiger partial charge in [-0.3, -0.25) is 0 Å². The summed E-state index contributed by atoms with van der Waals surface area (Å²) in [5.74, 6) is 1.32. The lowest BCUT2D eigenvalue weighted by molar-refractivity contribution is 0.770. The maximum Gasteiger partial charge on any atom is 0.133 e. The number of hydrogen-bond acceptors (Lipinski definition) is 3. The van der Waals surface area contributed by atoms with Crippen LogP contribution in [-0.2, 0) is 0 Å². The molecule has 90 valence electrons. The van der Waals surface area contributed by atoms with E-state index in [0.717, 1.165) is 17.1 Å². The quantitative estimate of drug-likeness (QED) is 0.803. The maximum atomic E-state index is 5.33. The molecule has 2 heterocycles. The maximum absolute atomic E-state index is 5.33. The molecule has 2 aromatic rings. The number of aromatic amines is 1. The van der Waals surface area contributed by atoms with Crippen LogP contribution in [0.3, 0.4) is 0 Å². The molecule has 17 heavy (non-hydrogen) atoms. The topological polar surface area (TPSA) is 28.7 Å². The van der Waals surface area contributed by atoms with Crippen LogP contribution in [0.25, 0.3) is 10.6 Å². The van der Waals surface area contributed by atoms with E-state index in [1.165, 1.54) is 9.75 Å². The second-order valence-corrected chi connectivity index (χ2v) is 6.17. The fourth-order valence-electron chi connectivity index (χ4n) is 1.64. The van der Waals surface area contributed by atoms with E-state index in [9.17, 15) is 0 Å². The molecule has 0 aromatic carbocycles. The lowest BCUT2D eigenvalue weighted by Crippen LogP contribution is -2.01. The molecular formula is C13H16N2S2. The SMILES string of the molecule is Cc1ccc(-c2[nH]c(C(C)C)nc(=S)c2C)s1. The number of hydrogen-bond donors (Lipinski definition) is 1. The average Bonchev–Trinajstić information content (AvgIpc) is 2.68. The third-order valence-corrected chi connectivity index (χ3v) is 4.12. The van der Waals surface area contributed by atoms with Gasteiger partial charge in [-0.15, -0.1) is 11.3 Å². The van der Waals surface area contributed by atoms with E-state index in [1.807, 2.05) is 6.92 Å². The monoisotopic (exact) mass is 264 g/mol. The summed E-state index contributed by atoms with van der Waals surface area (Å²) in [6.45, 7) is 8.38. The number of nitrogens with one attached hydrogen (secondary N) is 1. The first kappa shape index (κ1) is 12.5. The van der Waals surface area contributed by atoms with E-state index in [4.69, 9.17) is 12.2 Å². The first-order valence-electron chi connectivity index (χ1n) is 5.66.